The first kappa shape index (κ1) is 9.81. The molecule has 0 spiro atoms. The third-order valence-corrected chi connectivity index (χ3v) is 2.99. The highest BCUT2D eigenvalue weighted by Crippen LogP contribution is 2.54. The van der Waals surface area contributed by atoms with E-state index in [2.05, 4.69) is 4.74 Å². The van der Waals surface area contributed by atoms with Crippen LogP contribution in [0.2, 0.25) is 0 Å². The van der Waals surface area contributed by atoms with Crippen LogP contribution in [0.1, 0.15) is 12.8 Å². The van der Waals surface area contributed by atoms with Gasteiger partial charge in [0.15, 0.2) is 0 Å². The molecule has 0 aromatic rings. The highest BCUT2D eigenvalue weighted by Gasteiger charge is 2.55. The van der Waals surface area contributed by atoms with Crippen molar-refractivity contribution in [2.24, 2.45) is 23.5 Å². The van der Waals surface area contributed by atoms with Gasteiger partial charge in [0.1, 0.15) is 0 Å². The number of fused-ring (bicyclic) bond motifs is 1. The summed E-state index contributed by atoms with van der Waals surface area (Å²) in [5, 5.41) is 0. The van der Waals surface area contributed by atoms with E-state index in [1.807, 2.05) is 0 Å². The molecule has 0 radical (unpaired) electrons. The van der Waals surface area contributed by atoms with E-state index in [-0.39, 0.29) is 30.3 Å². The first-order valence-electron chi connectivity index (χ1n) is 4.07. The summed E-state index contributed by atoms with van der Waals surface area (Å²) in [5.41, 5.74) is 5.80. The summed E-state index contributed by atoms with van der Waals surface area (Å²) in [6.45, 7) is 0. The van der Waals surface area contributed by atoms with Gasteiger partial charge in [0.05, 0.1) is 13.0 Å². The van der Waals surface area contributed by atoms with Crippen molar-refractivity contribution in [3.8, 4) is 0 Å². The largest absolute Gasteiger partial charge is 0.469 e. The predicted molar refractivity (Wildman–Crippen MR) is 46.9 cm³/mol. The molecule has 2 aliphatic rings. The highest BCUT2D eigenvalue weighted by atomic mass is 35.5. The summed E-state index contributed by atoms with van der Waals surface area (Å²) in [4.78, 5) is 11.1. The number of hydrogen-bond acceptors (Lipinski definition) is 3. The molecule has 0 amide bonds. The molecule has 0 heterocycles. The average molecular weight is 192 g/mol. The van der Waals surface area contributed by atoms with Crippen LogP contribution in [-0.4, -0.2) is 19.1 Å². The molecule has 0 aromatic carbocycles. The summed E-state index contributed by atoms with van der Waals surface area (Å²) >= 11 is 0. The molecule has 0 unspecified atom stereocenters. The number of halogens is 1. The lowest BCUT2D eigenvalue weighted by Gasteiger charge is -2.09. The fourth-order valence-corrected chi connectivity index (χ4v) is 2.26. The number of nitrogens with two attached hydrogens (primary N) is 1. The molecule has 4 atom stereocenters. The maximum atomic E-state index is 11.1. The van der Waals surface area contributed by atoms with Gasteiger partial charge in [0.25, 0.3) is 0 Å². The Morgan fingerprint density at radius 3 is 2.42 bits per heavy atom. The Kier molecular flexibility index (Phi) is 2.64. The molecule has 0 aliphatic heterocycles. The van der Waals surface area contributed by atoms with E-state index in [4.69, 9.17) is 5.73 Å². The summed E-state index contributed by atoms with van der Waals surface area (Å²) < 4.78 is 4.69. The molecular weight excluding hydrogens is 178 g/mol. The Morgan fingerprint density at radius 2 is 2.08 bits per heavy atom. The van der Waals surface area contributed by atoms with E-state index in [0.717, 1.165) is 12.8 Å². The van der Waals surface area contributed by atoms with E-state index in [1.165, 1.54) is 7.11 Å². The minimum absolute atomic E-state index is 0. The molecule has 2 saturated carbocycles. The molecular formula is C8H14ClNO2. The van der Waals surface area contributed by atoms with Crippen molar-refractivity contribution < 1.29 is 9.53 Å². The van der Waals surface area contributed by atoms with Gasteiger partial charge in [0, 0.05) is 6.04 Å². The van der Waals surface area contributed by atoms with Crippen LogP contribution >= 0.6 is 12.4 Å². The molecule has 70 valence electrons. The maximum absolute atomic E-state index is 11.1. The van der Waals surface area contributed by atoms with Crippen LogP contribution in [0.3, 0.4) is 0 Å². The first-order valence-corrected chi connectivity index (χ1v) is 4.07. The van der Waals surface area contributed by atoms with Crippen molar-refractivity contribution in [3.63, 3.8) is 0 Å². The van der Waals surface area contributed by atoms with Crippen LogP contribution in [0.25, 0.3) is 0 Å². The van der Waals surface area contributed by atoms with Crippen LogP contribution in [0.4, 0.5) is 0 Å². The maximum Gasteiger partial charge on any atom is 0.309 e. The lowest BCUT2D eigenvalue weighted by atomic mass is 10.0. The predicted octanol–water partition coefficient (Wildman–Crippen LogP) is 0.565. The summed E-state index contributed by atoms with van der Waals surface area (Å²) in [6.07, 6.45) is 1.98. The monoisotopic (exact) mass is 191 g/mol. The van der Waals surface area contributed by atoms with Crippen LogP contribution in [0.15, 0.2) is 0 Å². The number of carbonyl (C=O) groups is 1. The Labute approximate surface area is 78.1 Å². The second kappa shape index (κ2) is 3.23. The molecule has 0 bridgehead atoms. The molecule has 2 aliphatic carbocycles. The van der Waals surface area contributed by atoms with Crippen molar-refractivity contribution in [2.45, 2.75) is 18.9 Å². The van der Waals surface area contributed by atoms with Crippen molar-refractivity contribution in [2.75, 3.05) is 7.11 Å². The Bertz CT molecular complexity index is 197. The third-order valence-electron chi connectivity index (χ3n) is 2.99. The number of methoxy groups -OCH3 is 1. The lowest BCUT2D eigenvalue weighted by Crippen LogP contribution is -2.23. The zero-order valence-corrected chi connectivity index (χ0v) is 7.84. The molecule has 3 nitrogen and oxygen atoms in total. The minimum Gasteiger partial charge on any atom is -0.469 e. The summed E-state index contributed by atoms with van der Waals surface area (Å²) in [6, 6.07) is 0.254. The number of carbonyl (C=O) groups excluding carboxylic acids is 1. The number of esters is 1. The lowest BCUT2D eigenvalue weighted by molar-refractivity contribution is -0.145. The molecule has 2 fully saturated rings. The molecule has 0 saturated heterocycles. The minimum atomic E-state index is -0.0644. The third kappa shape index (κ3) is 1.31. The Morgan fingerprint density at radius 1 is 1.42 bits per heavy atom. The summed E-state index contributed by atoms with van der Waals surface area (Å²) in [7, 11) is 1.45. The quantitative estimate of drug-likeness (QED) is 0.617. The zero-order chi connectivity index (χ0) is 8.01. The normalized spacial score (nSPS) is 42.8. The second-order valence-corrected chi connectivity index (χ2v) is 3.59. The van der Waals surface area contributed by atoms with Gasteiger partial charge in [-0.15, -0.1) is 12.4 Å². The number of ether oxygens (including phenoxy) is 1. The highest BCUT2D eigenvalue weighted by molar-refractivity contribution is 5.85. The standard InChI is InChI=1S/C8H13NO2.ClH/c1-11-8(10)6-3-7(9)5-2-4(5)6;/h4-7H,2-3,9H2,1H3;1H/t4-,5+,6-,7+;/m0./s1. The van der Waals surface area contributed by atoms with Crippen molar-refractivity contribution in [3.05, 3.63) is 0 Å². The van der Waals surface area contributed by atoms with E-state index >= 15 is 0 Å². The van der Waals surface area contributed by atoms with Gasteiger partial charge in [-0.3, -0.25) is 4.79 Å². The van der Waals surface area contributed by atoms with E-state index in [0.29, 0.717) is 11.8 Å². The molecule has 4 heteroatoms. The van der Waals surface area contributed by atoms with Gasteiger partial charge in [0.2, 0.25) is 0 Å². The van der Waals surface area contributed by atoms with Crippen LogP contribution in [0, 0.1) is 17.8 Å². The first-order chi connectivity index (χ1) is 5.24. The topological polar surface area (TPSA) is 52.3 Å². The van der Waals surface area contributed by atoms with Crippen molar-refractivity contribution >= 4 is 18.4 Å². The molecule has 12 heavy (non-hydrogen) atoms. The van der Waals surface area contributed by atoms with Crippen LogP contribution in [-0.2, 0) is 9.53 Å². The van der Waals surface area contributed by atoms with Gasteiger partial charge in [-0.05, 0) is 24.7 Å². The van der Waals surface area contributed by atoms with Gasteiger partial charge < -0.3 is 10.5 Å². The van der Waals surface area contributed by atoms with Crippen molar-refractivity contribution in [1.82, 2.24) is 0 Å². The molecule has 2 rings (SSSR count). The van der Waals surface area contributed by atoms with Crippen LogP contribution in [0.5, 0.6) is 0 Å². The van der Waals surface area contributed by atoms with Crippen molar-refractivity contribution in [1.29, 1.82) is 0 Å². The van der Waals surface area contributed by atoms with E-state index in [1.54, 1.807) is 0 Å². The van der Waals surface area contributed by atoms with Gasteiger partial charge in [-0.1, -0.05) is 0 Å². The number of hydrogen-bond donors (Lipinski definition) is 1. The summed E-state index contributed by atoms with van der Waals surface area (Å²) in [5.74, 6) is 1.22. The fraction of sp³-hybridized carbons (Fsp3) is 0.875. The van der Waals surface area contributed by atoms with E-state index < -0.39 is 0 Å². The second-order valence-electron chi connectivity index (χ2n) is 3.59. The average Bonchev–Trinajstić information content (AvgIpc) is 2.72. The molecule has 2 N–H and O–H groups in total. The molecule has 0 aromatic heterocycles. The zero-order valence-electron chi connectivity index (χ0n) is 7.03. The fourth-order valence-electron chi connectivity index (χ4n) is 2.26. The van der Waals surface area contributed by atoms with Gasteiger partial charge >= 0.3 is 5.97 Å². The SMILES string of the molecule is COC(=O)[C@H]1C[C@@H](N)[C@@H]2C[C@@H]21.Cl. The van der Waals surface area contributed by atoms with Crippen LogP contribution < -0.4 is 5.73 Å². The Balaban J connectivity index is 0.000000720. The Hall–Kier alpha value is -0.280. The van der Waals surface area contributed by atoms with Gasteiger partial charge in [-0.25, -0.2) is 0 Å². The smallest absolute Gasteiger partial charge is 0.309 e. The number of rotatable bonds is 1. The van der Waals surface area contributed by atoms with E-state index in [9.17, 15) is 4.79 Å². The van der Waals surface area contributed by atoms with Gasteiger partial charge in [-0.2, -0.15) is 0 Å².